The molecule has 1 N–H and O–H groups in total. The zero-order valence-electron chi connectivity index (χ0n) is 9.02. The van der Waals surface area contributed by atoms with Gasteiger partial charge in [0.15, 0.2) is 0 Å². The summed E-state index contributed by atoms with van der Waals surface area (Å²) in [5, 5.41) is 3.43. The van der Waals surface area contributed by atoms with Crippen LogP contribution in [0.2, 0.25) is 0 Å². The predicted molar refractivity (Wildman–Crippen MR) is 55.4 cm³/mol. The van der Waals surface area contributed by atoms with Gasteiger partial charge in [0, 0.05) is 19.1 Å². The lowest BCUT2D eigenvalue weighted by Gasteiger charge is -2.17. The zero-order chi connectivity index (χ0) is 9.56. The maximum Gasteiger partial charge on any atom is 0.0169 e. The first-order chi connectivity index (χ1) is 5.52. The highest BCUT2D eigenvalue weighted by Crippen LogP contribution is 1.88. The van der Waals surface area contributed by atoms with Gasteiger partial charge in [-0.05, 0) is 34.9 Å². The van der Waals surface area contributed by atoms with Crippen molar-refractivity contribution in [2.75, 3.05) is 27.2 Å². The molecule has 0 aromatic heterocycles. The molecule has 0 heterocycles. The molecule has 2 heteroatoms. The Morgan fingerprint density at radius 2 is 2.00 bits per heavy atom. The van der Waals surface area contributed by atoms with E-state index >= 15 is 0 Å². The summed E-state index contributed by atoms with van der Waals surface area (Å²) in [7, 11) is 4.19. The Morgan fingerprint density at radius 3 is 2.42 bits per heavy atom. The number of nitrogens with zero attached hydrogens (tertiary/aromatic N) is 1. The molecular formula is C10H22N2. The predicted octanol–water partition coefficient (Wildman–Crippen LogP) is 1.49. The van der Waals surface area contributed by atoms with Crippen LogP contribution in [0, 0.1) is 0 Å². The summed E-state index contributed by atoms with van der Waals surface area (Å²) >= 11 is 0. The van der Waals surface area contributed by atoms with E-state index in [1.165, 1.54) is 5.57 Å². The molecule has 0 aliphatic rings. The van der Waals surface area contributed by atoms with Crippen molar-refractivity contribution >= 4 is 0 Å². The molecule has 1 unspecified atom stereocenters. The fourth-order valence-electron chi connectivity index (χ4n) is 1.08. The van der Waals surface area contributed by atoms with Crippen LogP contribution in [0.1, 0.15) is 20.8 Å². The molecular weight excluding hydrogens is 148 g/mol. The summed E-state index contributed by atoms with van der Waals surface area (Å²) in [5.41, 5.74) is 1.37. The number of allylic oxidation sites excluding steroid dienone is 1. The summed E-state index contributed by atoms with van der Waals surface area (Å²) in [6, 6.07) is 0.565. The number of hydrogen-bond donors (Lipinski definition) is 1. The average Bonchev–Trinajstić information content (AvgIpc) is 1.84. The van der Waals surface area contributed by atoms with Crippen molar-refractivity contribution in [2.24, 2.45) is 0 Å². The smallest absolute Gasteiger partial charge is 0.0169 e. The highest BCUT2D eigenvalue weighted by Gasteiger charge is 1.99. The van der Waals surface area contributed by atoms with Crippen LogP contribution in [0.25, 0.3) is 0 Å². The normalized spacial score (nSPS) is 13.2. The molecule has 12 heavy (non-hydrogen) atoms. The molecule has 0 aliphatic carbocycles. The molecule has 0 fully saturated rings. The van der Waals surface area contributed by atoms with Crippen molar-refractivity contribution in [1.29, 1.82) is 0 Å². The third kappa shape index (κ3) is 7.76. The van der Waals surface area contributed by atoms with Crippen LogP contribution in [0.15, 0.2) is 11.6 Å². The van der Waals surface area contributed by atoms with Crippen molar-refractivity contribution in [3.63, 3.8) is 0 Å². The van der Waals surface area contributed by atoms with Crippen LogP contribution < -0.4 is 5.32 Å². The third-order valence-corrected chi connectivity index (χ3v) is 1.62. The fraction of sp³-hybridized carbons (Fsp3) is 0.800. The van der Waals surface area contributed by atoms with Crippen LogP contribution in [0.3, 0.4) is 0 Å². The van der Waals surface area contributed by atoms with E-state index in [4.69, 9.17) is 0 Å². The molecule has 0 rings (SSSR count). The van der Waals surface area contributed by atoms with E-state index in [2.05, 4.69) is 51.2 Å². The molecule has 0 radical (unpaired) electrons. The van der Waals surface area contributed by atoms with E-state index < -0.39 is 0 Å². The second kappa shape index (κ2) is 6.21. The van der Waals surface area contributed by atoms with Gasteiger partial charge in [0.05, 0.1) is 0 Å². The molecule has 1 atom stereocenters. The van der Waals surface area contributed by atoms with Crippen LogP contribution in [0.4, 0.5) is 0 Å². The second-order valence-corrected chi connectivity index (χ2v) is 3.85. The summed E-state index contributed by atoms with van der Waals surface area (Å²) in [6.45, 7) is 8.53. The molecule has 0 aliphatic heterocycles. The monoisotopic (exact) mass is 170 g/mol. The van der Waals surface area contributed by atoms with Crippen molar-refractivity contribution in [2.45, 2.75) is 26.8 Å². The van der Waals surface area contributed by atoms with Gasteiger partial charge in [0.1, 0.15) is 0 Å². The summed E-state index contributed by atoms with van der Waals surface area (Å²) in [4.78, 5) is 2.19. The van der Waals surface area contributed by atoms with Gasteiger partial charge in [-0.2, -0.15) is 0 Å². The standard InChI is InChI=1S/C10H22N2/c1-9(2)6-7-11-10(3)8-12(4)5/h6,10-11H,7-8H2,1-5H3. The Bertz CT molecular complexity index is 135. The lowest BCUT2D eigenvalue weighted by molar-refractivity contribution is 0.356. The second-order valence-electron chi connectivity index (χ2n) is 3.85. The minimum atomic E-state index is 0.565. The van der Waals surface area contributed by atoms with Crippen LogP contribution >= 0.6 is 0 Å². The summed E-state index contributed by atoms with van der Waals surface area (Å²) in [5.74, 6) is 0. The van der Waals surface area contributed by atoms with Gasteiger partial charge in [-0.25, -0.2) is 0 Å². The van der Waals surface area contributed by atoms with E-state index in [1.807, 2.05) is 0 Å². The van der Waals surface area contributed by atoms with Crippen molar-refractivity contribution in [3.8, 4) is 0 Å². The minimum absolute atomic E-state index is 0.565. The number of hydrogen-bond acceptors (Lipinski definition) is 2. The van der Waals surface area contributed by atoms with E-state index in [1.54, 1.807) is 0 Å². The van der Waals surface area contributed by atoms with Gasteiger partial charge in [-0.3, -0.25) is 0 Å². The number of likely N-dealkylation sites (N-methyl/N-ethyl adjacent to an activating group) is 1. The van der Waals surface area contributed by atoms with Crippen LogP contribution in [0.5, 0.6) is 0 Å². The van der Waals surface area contributed by atoms with Gasteiger partial charge in [-0.1, -0.05) is 11.6 Å². The molecule has 2 nitrogen and oxygen atoms in total. The van der Waals surface area contributed by atoms with E-state index in [0.29, 0.717) is 6.04 Å². The third-order valence-electron chi connectivity index (χ3n) is 1.62. The Kier molecular flexibility index (Phi) is 6.03. The first-order valence-electron chi connectivity index (χ1n) is 4.54. The van der Waals surface area contributed by atoms with Gasteiger partial charge >= 0.3 is 0 Å². The van der Waals surface area contributed by atoms with Crippen molar-refractivity contribution < 1.29 is 0 Å². The van der Waals surface area contributed by atoms with Crippen LogP contribution in [-0.4, -0.2) is 38.1 Å². The topological polar surface area (TPSA) is 15.3 Å². The van der Waals surface area contributed by atoms with Gasteiger partial charge in [0.25, 0.3) is 0 Å². The van der Waals surface area contributed by atoms with Gasteiger partial charge in [-0.15, -0.1) is 0 Å². The number of nitrogens with one attached hydrogen (secondary N) is 1. The molecule has 0 aromatic carbocycles. The van der Waals surface area contributed by atoms with Gasteiger partial charge < -0.3 is 10.2 Å². The maximum absolute atomic E-state index is 3.43. The Morgan fingerprint density at radius 1 is 1.42 bits per heavy atom. The summed E-state index contributed by atoms with van der Waals surface area (Å²) in [6.07, 6.45) is 2.21. The molecule has 72 valence electrons. The lowest BCUT2D eigenvalue weighted by atomic mass is 10.3. The highest BCUT2D eigenvalue weighted by molar-refractivity contribution is 4.94. The molecule has 0 spiro atoms. The first-order valence-corrected chi connectivity index (χ1v) is 4.54. The molecule has 0 saturated heterocycles. The van der Waals surface area contributed by atoms with Gasteiger partial charge in [0.2, 0.25) is 0 Å². The maximum atomic E-state index is 3.43. The minimum Gasteiger partial charge on any atom is -0.310 e. The van der Waals surface area contributed by atoms with E-state index in [0.717, 1.165) is 13.1 Å². The SMILES string of the molecule is CC(C)=CCNC(C)CN(C)C. The Labute approximate surface area is 76.6 Å². The van der Waals surface area contributed by atoms with E-state index in [-0.39, 0.29) is 0 Å². The van der Waals surface area contributed by atoms with Crippen LogP contribution in [-0.2, 0) is 0 Å². The highest BCUT2D eigenvalue weighted by atomic mass is 15.1. The largest absolute Gasteiger partial charge is 0.310 e. The Hall–Kier alpha value is -0.340. The average molecular weight is 170 g/mol. The van der Waals surface area contributed by atoms with E-state index in [9.17, 15) is 0 Å². The molecule has 0 aromatic rings. The molecule has 0 bridgehead atoms. The fourth-order valence-corrected chi connectivity index (χ4v) is 1.08. The molecule has 0 saturated carbocycles. The zero-order valence-corrected chi connectivity index (χ0v) is 9.02. The van der Waals surface area contributed by atoms with Crippen molar-refractivity contribution in [3.05, 3.63) is 11.6 Å². The summed E-state index contributed by atoms with van der Waals surface area (Å²) < 4.78 is 0. The quantitative estimate of drug-likeness (QED) is 0.629. The molecule has 0 amide bonds. The first kappa shape index (κ1) is 11.7. The Balaban J connectivity index is 3.44. The lowest BCUT2D eigenvalue weighted by Crippen LogP contribution is -2.35. The van der Waals surface area contributed by atoms with Crippen molar-refractivity contribution in [1.82, 2.24) is 10.2 Å². The number of rotatable bonds is 5.